The number of nitrogens with one attached hydrogen (secondary N) is 1. The van der Waals surface area contributed by atoms with Crippen LogP contribution in [0, 0.1) is 12.8 Å². The van der Waals surface area contributed by atoms with Gasteiger partial charge >= 0.3 is 0 Å². The lowest BCUT2D eigenvalue weighted by Gasteiger charge is -2.20. The summed E-state index contributed by atoms with van der Waals surface area (Å²) in [5, 5.41) is 3.47. The van der Waals surface area contributed by atoms with E-state index < -0.39 is 5.92 Å². The highest BCUT2D eigenvalue weighted by molar-refractivity contribution is 7.22. The predicted molar refractivity (Wildman–Crippen MR) is 116 cm³/mol. The van der Waals surface area contributed by atoms with Crippen LogP contribution in [0.25, 0.3) is 10.2 Å². The van der Waals surface area contributed by atoms with Gasteiger partial charge in [-0.05, 0) is 48.7 Å². The van der Waals surface area contributed by atoms with Crippen molar-refractivity contribution in [1.82, 2.24) is 4.98 Å². The molecule has 150 valence electrons. The highest BCUT2D eigenvalue weighted by Gasteiger charge is 2.36. The van der Waals surface area contributed by atoms with Crippen LogP contribution >= 0.6 is 11.3 Å². The molecule has 1 unspecified atom stereocenters. The van der Waals surface area contributed by atoms with Crippen molar-refractivity contribution in [1.29, 1.82) is 0 Å². The number of hydrogen-bond donors (Lipinski definition) is 1. The maximum absolute atomic E-state index is 12.8. The maximum atomic E-state index is 12.8. The standard InChI is InChI=1S/C22H23N3O3S/c1-4-14-6-7-16-19(10-14)29-22(23-16)24-21(27)15-11-20(26)25(12-15)17-9-13(2)5-8-18(17)28-3/h5-10,15H,4,11-12H2,1-3H3,(H,23,24,27). The SMILES string of the molecule is CCc1ccc2nc(NC(=O)C3CC(=O)N(c4cc(C)ccc4OC)C3)sc2c1. The third-order valence-corrected chi connectivity index (χ3v) is 6.15. The first-order valence-corrected chi connectivity index (χ1v) is 10.5. The van der Waals surface area contributed by atoms with Crippen molar-refractivity contribution < 1.29 is 14.3 Å². The van der Waals surface area contributed by atoms with Crippen molar-refractivity contribution in [3.05, 3.63) is 47.5 Å². The number of fused-ring (bicyclic) bond motifs is 1. The lowest BCUT2D eigenvalue weighted by Crippen LogP contribution is -2.28. The number of hydrogen-bond acceptors (Lipinski definition) is 5. The molecule has 0 aliphatic carbocycles. The van der Waals surface area contributed by atoms with Crippen LogP contribution in [0.5, 0.6) is 5.75 Å². The molecule has 1 aliphatic rings. The molecule has 1 N–H and O–H groups in total. The molecule has 3 aromatic rings. The van der Waals surface area contributed by atoms with Gasteiger partial charge in [-0.2, -0.15) is 0 Å². The van der Waals surface area contributed by atoms with Gasteiger partial charge in [-0.15, -0.1) is 0 Å². The number of carbonyl (C=O) groups excluding carboxylic acids is 2. The minimum absolute atomic E-state index is 0.0778. The number of nitrogens with zero attached hydrogens (tertiary/aromatic N) is 2. The Labute approximate surface area is 173 Å². The Morgan fingerprint density at radius 3 is 2.90 bits per heavy atom. The quantitative estimate of drug-likeness (QED) is 0.687. The molecule has 0 saturated carbocycles. The minimum Gasteiger partial charge on any atom is -0.495 e. The van der Waals surface area contributed by atoms with Crippen LogP contribution in [0.2, 0.25) is 0 Å². The minimum atomic E-state index is -0.425. The molecule has 0 radical (unpaired) electrons. The summed E-state index contributed by atoms with van der Waals surface area (Å²) in [6.45, 7) is 4.40. The normalized spacial score (nSPS) is 16.4. The van der Waals surface area contributed by atoms with E-state index in [0.717, 1.165) is 22.2 Å². The van der Waals surface area contributed by atoms with Crippen molar-refractivity contribution >= 4 is 44.2 Å². The van der Waals surface area contributed by atoms with Crippen LogP contribution in [-0.4, -0.2) is 30.5 Å². The zero-order valence-electron chi connectivity index (χ0n) is 16.7. The second-order valence-electron chi connectivity index (χ2n) is 7.24. The van der Waals surface area contributed by atoms with E-state index in [-0.39, 0.29) is 18.2 Å². The summed E-state index contributed by atoms with van der Waals surface area (Å²) in [5.74, 6) is -0.0537. The number of benzene rings is 2. The van der Waals surface area contributed by atoms with E-state index >= 15 is 0 Å². The average Bonchev–Trinajstić information content (AvgIpc) is 3.29. The first-order chi connectivity index (χ1) is 14.0. The first-order valence-electron chi connectivity index (χ1n) is 9.63. The highest BCUT2D eigenvalue weighted by Crippen LogP contribution is 2.34. The summed E-state index contributed by atoms with van der Waals surface area (Å²) in [4.78, 5) is 31.6. The molecular weight excluding hydrogens is 386 g/mol. The Kier molecular flexibility index (Phi) is 5.24. The molecule has 4 rings (SSSR count). The van der Waals surface area contributed by atoms with Gasteiger partial charge in [0.05, 0.1) is 28.9 Å². The second kappa shape index (κ2) is 7.83. The molecule has 1 aromatic heterocycles. The smallest absolute Gasteiger partial charge is 0.231 e. The fourth-order valence-electron chi connectivity index (χ4n) is 3.58. The number of amides is 2. The van der Waals surface area contributed by atoms with E-state index in [1.54, 1.807) is 12.0 Å². The third-order valence-electron chi connectivity index (χ3n) is 5.21. The molecule has 2 aromatic carbocycles. The Bertz CT molecular complexity index is 1090. The van der Waals surface area contributed by atoms with Gasteiger partial charge in [-0.1, -0.05) is 30.4 Å². The zero-order chi connectivity index (χ0) is 20.5. The van der Waals surface area contributed by atoms with Gasteiger partial charge in [0, 0.05) is 13.0 Å². The third kappa shape index (κ3) is 3.82. The molecule has 1 atom stereocenters. The number of aryl methyl sites for hydroxylation is 2. The Hall–Kier alpha value is -2.93. The monoisotopic (exact) mass is 409 g/mol. The largest absolute Gasteiger partial charge is 0.495 e. The number of carbonyl (C=O) groups is 2. The Morgan fingerprint density at radius 2 is 2.14 bits per heavy atom. The Balaban J connectivity index is 1.50. The van der Waals surface area contributed by atoms with E-state index in [9.17, 15) is 9.59 Å². The van der Waals surface area contributed by atoms with Gasteiger partial charge in [0.2, 0.25) is 11.8 Å². The average molecular weight is 410 g/mol. The van der Waals surface area contributed by atoms with Gasteiger partial charge in [0.1, 0.15) is 5.75 Å². The van der Waals surface area contributed by atoms with Gasteiger partial charge in [-0.3, -0.25) is 9.59 Å². The molecule has 6 nitrogen and oxygen atoms in total. The summed E-state index contributed by atoms with van der Waals surface area (Å²) in [6, 6.07) is 11.8. The topological polar surface area (TPSA) is 71.5 Å². The molecular formula is C22H23N3O3S. The molecule has 0 spiro atoms. The molecule has 7 heteroatoms. The second-order valence-corrected chi connectivity index (χ2v) is 8.28. The number of ether oxygens (including phenoxy) is 1. The summed E-state index contributed by atoms with van der Waals surface area (Å²) >= 11 is 1.46. The van der Waals surface area contributed by atoms with Crippen LogP contribution in [0.3, 0.4) is 0 Å². The van der Waals surface area contributed by atoms with Crippen LogP contribution in [-0.2, 0) is 16.0 Å². The lowest BCUT2D eigenvalue weighted by molar-refractivity contribution is -0.122. The fourth-order valence-corrected chi connectivity index (χ4v) is 4.51. The lowest BCUT2D eigenvalue weighted by atomic mass is 10.1. The van der Waals surface area contributed by atoms with Gasteiger partial charge < -0.3 is 15.0 Å². The zero-order valence-corrected chi connectivity index (χ0v) is 17.5. The van der Waals surface area contributed by atoms with Crippen molar-refractivity contribution in [2.45, 2.75) is 26.7 Å². The molecule has 1 saturated heterocycles. The van der Waals surface area contributed by atoms with Gasteiger partial charge in [-0.25, -0.2) is 4.98 Å². The number of methoxy groups -OCH3 is 1. The van der Waals surface area contributed by atoms with E-state index in [2.05, 4.69) is 29.4 Å². The van der Waals surface area contributed by atoms with E-state index in [0.29, 0.717) is 23.1 Å². The summed E-state index contributed by atoms with van der Waals surface area (Å²) in [7, 11) is 1.58. The number of rotatable bonds is 5. The van der Waals surface area contributed by atoms with Crippen LogP contribution in [0.4, 0.5) is 10.8 Å². The van der Waals surface area contributed by atoms with Gasteiger partial charge in [0.25, 0.3) is 0 Å². The summed E-state index contributed by atoms with van der Waals surface area (Å²) in [5.41, 5.74) is 3.85. The molecule has 0 bridgehead atoms. The van der Waals surface area contributed by atoms with Crippen molar-refractivity contribution in [3.8, 4) is 5.75 Å². The van der Waals surface area contributed by atoms with E-state index in [4.69, 9.17) is 4.74 Å². The number of aromatic nitrogens is 1. The van der Waals surface area contributed by atoms with Crippen LogP contribution in [0.1, 0.15) is 24.5 Å². The van der Waals surface area contributed by atoms with Crippen LogP contribution < -0.4 is 15.0 Å². The molecule has 2 amide bonds. The maximum Gasteiger partial charge on any atom is 0.231 e. The van der Waals surface area contributed by atoms with E-state index in [1.807, 2.05) is 31.2 Å². The molecule has 1 fully saturated rings. The predicted octanol–water partition coefficient (Wildman–Crippen LogP) is 4.17. The number of anilines is 2. The molecule has 2 heterocycles. The van der Waals surface area contributed by atoms with E-state index in [1.165, 1.54) is 16.9 Å². The number of thiazole rings is 1. The molecule has 29 heavy (non-hydrogen) atoms. The first kappa shape index (κ1) is 19.4. The van der Waals surface area contributed by atoms with Crippen LogP contribution in [0.15, 0.2) is 36.4 Å². The Morgan fingerprint density at radius 1 is 1.31 bits per heavy atom. The van der Waals surface area contributed by atoms with Gasteiger partial charge in [0.15, 0.2) is 5.13 Å². The van der Waals surface area contributed by atoms with Crippen molar-refractivity contribution in [2.24, 2.45) is 5.92 Å². The van der Waals surface area contributed by atoms with Crippen molar-refractivity contribution in [3.63, 3.8) is 0 Å². The molecule has 1 aliphatic heterocycles. The fraction of sp³-hybridized carbons (Fsp3) is 0.318. The summed E-state index contributed by atoms with van der Waals surface area (Å²) < 4.78 is 6.45. The summed E-state index contributed by atoms with van der Waals surface area (Å²) in [6.07, 6.45) is 1.13. The van der Waals surface area contributed by atoms with Crippen molar-refractivity contribution in [2.75, 3.05) is 23.9 Å². The highest BCUT2D eigenvalue weighted by atomic mass is 32.1.